The van der Waals surface area contributed by atoms with Crippen LogP contribution in [0.1, 0.15) is 35.0 Å². The van der Waals surface area contributed by atoms with Crippen LogP contribution in [0.25, 0.3) is 0 Å². The first-order chi connectivity index (χ1) is 9.65. The van der Waals surface area contributed by atoms with Crippen molar-refractivity contribution in [1.82, 2.24) is 4.98 Å². The Bertz CT molecular complexity index is 611. The maximum absolute atomic E-state index is 6.22. The fourth-order valence-corrected chi connectivity index (χ4v) is 3.86. The van der Waals surface area contributed by atoms with Gasteiger partial charge in [-0.25, -0.2) is 4.98 Å². The Morgan fingerprint density at radius 3 is 3.00 bits per heavy atom. The Morgan fingerprint density at radius 1 is 1.45 bits per heavy atom. The number of fused-ring (bicyclic) bond motifs is 1. The lowest BCUT2D eigenvalue weighted by molar-refractivity contribution is 0.573. The summed E-state index contributed by atoms with van der Waals surface area (Å²) < 4.78 is 0. The maximum atomic E-state index is 6.22. The summed E-state index contributed by atoms with van der Waals surface area (Å²) >= 11 is 7.94. The van der Waals surface area contributed by atoms with E-state index >= 15 is 0 Å². The molecule has 106 valence electrons. The molecule has 5 heteroatoms. The van der Waals surface area contributed by atoms with Crippen molar-refractivity contribution in [3.8, 4) is 0 Å². The van der Waals surface area contributed by atoms with Gasteiger partial charge in [0.1, 0.15) is 0 Å². The summed E-state index contributed by atoms with van der Waals surface area (Å²) in [4.78, 5) is 8.16. The van der Waals surface area contributed by atoms with Crippen LogP contribution >= 0.6 is 22.9 Å². The van der Waals surface area contributed by atoms with Gasteiger partial charge in [0.25, 0.3) is 0 Å². The Kier molecular flexibility index (Phi) is 3.96. The number of hydrogen-bond donors (Lipinski definition) is 1. The zero-order valence-electron chi connectivity index (χ0n) is 11.5. The molecule has 0 saturated heterocycles. The molecule has 1 unspecified atom stereocenters. The zero-order chi connectivity index (χ0) is 14.1. The quantitative estimate of drug-likeness (QED) is 0.938. The SMILES string of the molecule is CN(Cc1ccccc1Cl)c1nc2c(s1)C(N)CCC2. The first kappa shape index (κ1) is 13.9. The monoisotopic (exact) mass is 307 g/mol. The van der Waals surface area contributed by atoms with E-state index in [4.69, 9.17) is 22.3 Å². The van der Waals surface area contributed by atoms with E-state index in [0.29, 0.717) is 0 Å². The molecule has 0 saturated carbocycles. The predicted octanol–water partition coefficient (Wildman–Crippen LogP) is 3.77. The molecule has 2 aromatic rings. The molecule has 1 atom stereocenters. The Balaban J connectivity index is 1.81. The van der Waals surface area contributed by atoms with Crippen molar-refractivity contribution in [3.05, 3.63) is 45.4 Å². The summed E-state index contributed by atoms with van der Waals surface area (Å²) in [6.45, 7) is 0.765. The van der Waals surface area contributed by atoms with Gasteiger partial charge in [0.05, 0.1) is 5.69 Å². The van der Waals surface area contributed by atoms with Crippen LogP contribution in [0.3, 0.4) is 0 Å². The molecular weight excluding hydrogens is 290 g/mol. The first-order valence-corrected chi connectivity index (χ1v) is 8.04. The Hall–Kier alpha value is -1.10. The minimum atomic E-state index is 0.165. The molecule has 1 heterocycles. The number of halogens is 1. The summed E-state index contributed by atoms with van der Waals surface area (Å²) in [5.74, 6) is 0. The molecule has 3 nitrogen and oxygen atoms in total. The van der Waals surface area contributed by atoms with Crippen LogP contribution in [0.15, 0.2) is 24.3 Å². The molecule has 0 fully saturated rings. The highest BCUT2D eigenvalue weighted by Crippen LogP contribution is 2.36. The van der Waals surface area contributed by atoms with E-state index in [1.54, 1.807) is 11.3 Å². The van der Waals surface area contributed by atoms with Crippen molar-refractivity contribution < 1.29 is 0 Å². The van der Waals surface area contributed by atoms with Crippen molar-refractivity contribution in [2.24, 2.45) is 5.73 Å². The van der Waals surface area contributed by atoms with E-state index in [1.165, 1.54) is 10.6 Å². The van der Waals surface area contributed by atoms with Crippen LogP contribution in [-0.2, 0) is 13.0 Å². The maximum Gasteiger partial charge on any atom is 0.185 e. The summed E-state index contributed by atoms with van der Waals surface area (Å²) in [5, 5.41) is 1.84. The number of thiazole rings is 1. The van der Waals surface area contributed by atoms with E-state index in [0.717, 1.165) is 41.5 Å². The van der Waals surface area contributed by atoms with Crippen molar-refractivity contribution >= 4 is 28.1 Å². The normalized spacial score (nSPS) is 17.9. The number of aryl methyl sites for hydroxylation is 1. The third-order valence-electron chi connectivity index (χ3n) is 3.67. The number of nitrogens with zero attached hydrogens (tertiary/aromatic N) is 2. The molecule has 1 aliphatic carbocycles. The standard InChI is InChI=1S/C15H18ClN3S/c1-19(9-10-5-2-3-6-11(10)16)15-18-13-8-4-7-12(17)14(13)20-15/h2-3,5-6,12H,4,7-9,17H2,1H3. The smallest absolute Gasteiger partial charge is 0.185 e. The lowest BCUT2D eigenvalue weighted by atomic mass is 9.99. The molecule has 0 radical (unpaired) electrons. The highest BCUT2D eigenvalue weighted by atomic mass is 35.5. The average Bonchev–Trinajstić information content (AvgIpc) is 2.87. The first-order valence-electron chi connectivity index (χ1n) is 6.85. The molecule has 3 rings (SSSR count). The lowest BCUT2D eigenvalue weighted by Gasteiger charge is -2.16. The van der Waals surface area contributed by atoms with Crippen LogP contribution in [-0.4, -0.2) is 12.0 Å². The summed E-state index contributed by atoms with van der Waals surface area (Å²) in [7, 11) is 2.05. The van der Waals surface area contributed by atoms with Crippen molar-refractivity contribution in [2.75, 3.05) is 11.9 Å². The highest BCUT2D eigenvalue weighted by molar-refractivity contribution is 7.15. The Morgan fingerprint density at radius 2 is 2.25 bits per heavy atom. The van der Waals surface area contributed by atoms with Gasteiger partial charge in [-0.2, -0.15) is 0 Å². The second-order valence-electron chi connectivity index (χ2n) is 5.25. The highest BCUT2D eigenvalue weighted by Gasteiger charge is 2.23. The van der Waals surface area contributed by atoms with Crippen molar-refractivity contribution in [1.29, 1.82) is 0 Å². The molecule has 1 aliphatic rings. The van der Waals surface area contributed by atoms with Gasteiger partial charge >= 0.3 is 0 Å². The fourth-order valence-electron chi connectivity index (χ4n) is 2.55. The largest absolute Gasteiger partial charge is 0.347 e. The number of aromatic nitrogens is 1. The second-order valence-corrected chi connectivity index (χ2v) is 6.67. The number of rotatable bonds is 3. The summed E-state index contributed by atoms with van der Waals surface area (Å²) in [6.07, 6.45) is 3.27. The molecule has 0 spiro atoms. The third-order valence-corrected chi connectivity index (χ3v) is 5.39. The Labute approximate surface area is 128 Å². The number of hydrogen-bond acceptors (Lipinski definition) is 4. The van der Waals surface area contributed by atoms with Crippen LogP contribution in [0, 0.1) is 0 Å². The third kappa shape index (κ3) is 2.68. The lowest BCUT2D eigenvalue weighted by Crippen LogP contribution is -2.16. The molecule has 2 N–H and O–H groups in total. The minimum absolute atomic E-state index is 0.165. The summed E-state index contributed by atoms with van der Waals surface area (Å²) in [5.41, 5.74) is 8.48. The van der Waals surface area contributed by atoms with Crippen LogP contribution in [0.4, 0.5) is 5.13 Å². The number of anilines is 1. The molecule has 1 aromatic heterocycles. The molecule has 0 aliphatic heterocycles. The molecule has 0 bridgehead atoms. The van der Waals surface area contributed by atoms with E-state index in [2.05, 4.69) is 18.0 Å². The second kappa shape index (κ2) is 5.72. The van der Waals surface area contributed by atoms with E-state index in [-0.39, 0.29) is 6.04 Å². The van der Waals surface area contributed by atoms with Crippen LogP contribution in [0.5, 0.6) is 0 Å². The van der Waals surface area contributed by atoms with Gasteiger partial charge in [0.15, 0.2) is 5.13 Å². The van der Waals surface area contributed by atoms with Gasteiger partial charge in [0, 0.05) is 29.5 Å². The van der Waals surface area contributed by atoms with Gasteiger partial charge in [0.2, 0.25) is 0 Å². The summed E-state index contributed by atoms with van der Waals surface area (Å²) in [6, 6.07) is 8.11. The zero-order valence-corrected chi connectivity index (χ0v) is 13.0. The number of nitrogens with two attached hydrogens (primary N) is 1. The van der Waals surface area contributed by atoms with Gasteiger partial charge in [-0.3, -0.25) is 0 Å². The van der Waals surface area contributed by atoms with E-state index < -0.39 is 0 Å². The minimum Gasteiger partial charge on any atom is -0.347 e. The number of benzene rings is 1. The van der Waals surface area contributed by atoms with Crippen molar-refractivity contribution in [2.45, 2.75) is 31.8 Å². The van der Waals surface area contributed by atoms with E-state index in [9.17, 15) is 0 Å². The predicted molar refractivity (Wildman–Crippen MR) is 85.5 cm³/mol. The molecular formula is C15H18ClN3S. The van der Waals surface area contributed by atoms with Crippen LogP contribution < -0.4 is 10.6 Å². The van der Waals surface area contributed by atoms with Gasteiger partial charge < -0.3 is 10.6 Å². The topological polar surface area (TPSA) is 42.2 Å². The fraction of sp³-hybridized carbons (Fsp3) is 0.400. The van der Waals surface area contributed by atoms with Gasteiger partial charge in [-0.05, 0) is 30.9 Å². The van der Waals surface area contributed by atoms with Crippen molar-refractivity contribution in [3.63, 3.8) is 0 Å². The van der Waals surface area contributed by atoms with Gasteiger partial charge in [-0.1, -0.05) is 41.1 Å². The van der Waals surface area contributed by atoms with Crippen LogP contribution in [0.2, 0.25) is 5.02 Å². The average molecular weight is 308 g/mol. The molecule has 0 amide bonds. The molecule has 20 heavy (non-hydrogen) atoms. The van der Waals surface area contributed by atoms with Gasteiger partial charge in [-0.15, -0.1) is 0 Å². The molecule has 1 aromatic carbocycles. The van der Waals surface area contributed by atoms with E-state index in [1.807, 2.05) is 18.2 Å².